The van der Waals surface area contributed by atoms with E-state index in [4.69, 9.17) is 9.47 Å². The van der Waals surface area contributed by atoms with Crippen molar-refractivity contribution in [3.8, 4) is 11.5 Å². The second-order valence-corrected chi connectivity index (χ2v) is 8.63. The molecule has 30 heavy (non-hydrogen) atoms. The largest absolute Gasteiger partial charge is 0.497 e. The smallest absolute Gasteiger partial charge is 0.118 e. The van der Waals surface area contributed by atoms with Gasteiger partial charge in [0.2, 0.25) is 0 Å². The molecule has 0 bridgehead atoms. The average molecular weight is 411 g/mol. The van der Waals surface area contributed by atoms with Crippen LogP contribution < -0.4 is 9.47 Å². The van der Waals surface area contributed by atoms with E-state index in [1.54, 1.807) is 14.2 Å². The lowest BCUT2D eigenvalue weighted by molar-refractivity contribution is -0.0110. The minimum atomic E-state index is -0.290. The molecule has 2 heterocycles. The summed E-state index contributed by atoms with van der Waals surface area (Å²) >= 11 is 0. The summed E-state index contributed by atoms with van der Waals surface area (Å²) in [5.74, 6) is 1.80. The van der Waals surface area contributed by atoms with E-state index >= 15 is 0 Å². The highest BCUT2D eigenvalue weighted by molar-refractivity contribution is 5.28. The molecule has 162 valence electrons. The van der Waals surface area contributed by atoms with E-state index in [0.29, 0.717) is 12.1 Å². The number of hydrogen-bond acceptors (Lipinski definition) is 5. The van der Waals surface area contributed by atoms with Crippen LogP contribution in [0.4, 0.5) is 0 Å². The molecule has 5 heteroatoms. The van der Waals surface area contributed by atoms with E-state index in [9.17, 15) is 5.11 Å². The lowest BCUT2D eigenvalue weighted by Crippen LogP contribution is -2.56. The van der Waals surface area contributed by atoms with Crippen molar-refractivity contribution in [3.05, 3.63) is 59.7 Å². The van der Waals surface area contributed by atoms with Gasteiger partial charge in [-0.05, 0) is 61.1 Å². The summed E-state index contributed by atoms with van der Waals surface area (Å²) < 4.78 is 10.5. The predicted octanol–water partition coefficient (Wildman–Crippen LogP) is 3.00. The van der Waals surface area contributed by atoms with Gasteiger partial charge in [-0.15, -0.1) is 0 Å². The van der Waals surface area contributed by atoms with Gasteiger partial charge in [0.1, 0.15) is 11.5 Å². The second-order valence-electron chi connectivity index (χ2n) is 8.63. The normalized spacial score (nSPS) is 22.8. The van der Waals surface area contributed by atoms with Crippen LogP contribution in [0.1, 0.15) is 24.0 Å². The minimum Gasteiger partial charge on any atom is -0.497 e. The molecule has 2 aromatic carbocycles. The molecule has 2 unspecified atom stereocenters. The maximum Gasteiger partial charge on any atom is 0.118 e. The Morgan fingerprint density at radius 2 is 1.17 bits per heavy atom. The highest BCUT2D eigenvalue weighted by atomic mass is 16.5. The van der Waals surface area contributed by atoms with Crippen LogP contribution in [0, 0.1) is 0 Å². The van der Waals surface area contributed by atoms with Gasteiger partial charge < -0.3 is 14.6 Å². The van der Waals surface area contributed by atoms with Crippen LogP contribution in [0.2, 0.25) is 0 Å². The standard InChI is InChI=1S/C25H34N2O3/c1-29-24-7-3-19(4-8-24)15-21-11-13-26(21)17-23(28)18-27-14-12-22(27)16-20-5-9-25(30-2)10-6-20/h3-10,21-23,28H,11-18H2,1-2H3. The van der Waals surface area contributed by atoms with Crippen molar-refractivity contribution in [3.63, 3.8) is 0 Å². The first-order valence-corrected chi connectivity index (χ1v) is 11.1. The van der Waals surface area contributed by atoms with E-state index in [1.807, 2.05) is 24.3 Å². The number of hydrogen-bond donors (Lipinski definition) is 1. The van der Waals surface area contributed by atoms with Crippen LogP contribution in [0.5, 0.6) is 11.5 Å². The highest BCUT2D eigenvalue weighted by Gasteiger charge is 2.33. The third-order valence-corrected chi connectivity index (χ3v) is 6.68. The fraction of sp³-hybridized carbons (Fsp3) is 0.520. The quantitative estimate of drug-likeness (QED) is 0.652. The number of rotatable bonds is 10. The molecule has 1 N–H and O–H groups in total. The van der Waals surface area contributed by atoms with Gasteiger partial charge in [-0.3, -0.25) is 9.80 Å². The molecular weight excluding hydrogens is 376 g/mol. The Kier molecular flexibility index (Phi) is 6.93. The molecular formula is C25H34N2O3. The molecule has 2 aliphatic rings. The molecule has 2 aromatic rings. The van der Waals surface area contributed by atoms with Crippen molar-refractivity contribution in [1.29, 1.82) is 0 Å². The summed E-state index contributed by atoms with van der Waals surface area (Å²) in [4.78, 5) is 4.88. The van der Waals surface area contributed by atoms with E-state index in [1.165, 1.54) is 24.0 Å². The number of ether oxygens (including phenoxy) is 2. The lowest BCUT2D eigenvalue weighted by Gasteiger charge is -2.45. The summed E-state index contributed by atoms with van der Waals surface area (Å²) in [7, 11) is 3.40. The summed E-state index contributed by atoms with van der Waals surface area (Å²) in [5.41, 5.74) is 2.67. The summed E-state index contributed by atoms with van der Waals surface area (Å²) in [6, 6.07) is 17.8. The first kappa shape index (κ1) is 21.2. The van der Waals surface area contributed by atoms with Gasteiger partial charge in [-0.2, -0.15) is 0 Å². The first-order chi connectivity index (χ1) is 14.6. The SMILES string of the molecule is COc1ccc(CC2CCN2CC(O)CN2CCC2Cc2ccc(OC)cc2)cc1. The Balaban J connectivity index is 1.21. The van der Waals surface area contributed by atoms with Gasteiger partial charge in [0, 0.05) is 38.3 Å². The highest BCUT2D eigenvalue weighted by Crippen LogP contribution is 2.25. The van der Waals surface area contributed by atoms with Crippen molar-refractivity contribution in [1.82, 2.24) is 9.80 Å². The number of nitrogens with zero attached hydrogens (tertiary/aromatic N) is 2. The first-order valence-electron chi connectivity index (χ1n) is 11.1. The van der Waals surface area contributed by atoms with E-state index < -0.39 is 0 Å². The number of methoxy groups -OCH3 is 2. The van der Waals surface area contributed by atoms with Crippen molar-refractivity contribution in [2.45, 2.75) is 43.9 Å². The maximum absolute atomic E-state index is 10.7. The van der Waals surface area contributed by atoms with Gasteiger partial charge in [-0.1, -0.05) is 24.3 Å². The number of benzene rings is 2. The molecule has 0 amide bonds. The molecule has 0 saturated carbocycles. The molecule has 2 saturated heterocycles. The fourth-order valence-electron chi connectivity index (χ4n) is 4.60. The molecule has 2 fully saturated rings. The predicted molar refractivity (Wildman–Crippen MR) is 119 cm³/mol. The van der Waals surface area contributed by atoms with Crippen LogP contribution in [0.15, 0.2) is 48.5 Å². The monoisotopic (exact) mass is 410 g/mol. The molecule has 0 aliphatic carbocycles. The number of aliphatic hydroxyl groups excluding tert-OH is 1. The summed E-state index contributed by atoms with van der Waals surface area (Å²) in [6.07, 6.45) is 4.22. The third kappa shape index (κ3) is 5.15. The van der Waals surface area contributed by atoms with Crippen molar-refractivity contribution >= 4 is 0 Å². The van der Waals surface area contributed by atoms with Crippen LogP contribution >= 0.6 is 0 Å². The topological polar surface area (TPSA) is 45.2 Å². The summed E-state index contributed by atoms with van der Waals surface area (Å²) in [5, 5.41) is 10.7. The Bertz CT molecular complexity index is 726. The van der Waals surface area contributed by atoms with Crippen LogP contribution in [0.25, 0.3) is 0 Å². The zero-order chi connectivity index (χ0) is 20.9. The number of β-amino-alcohol motifs (C(OH)–C–C–N with tert-alkyl or cyclic N) is 1. The Labute approximate surface area is 180 Å². The molecule has 2 atom stereocenters. The third-order valence-electron chi connectivity index (χ3n) is 6.68. The zero-order valence-corrected chi connectivity index (χ0v) is 18.2. The van der Waals surface area contributed by atoms with Crippen LogP contribution in [-0.2, 0) is 12.8 Å². The molecule has 4 rings (SSSR count). The number of aliphatic hydroxyl groups is 1. The summed E-state index contributed by atoms with van der Waals surface area (Å²) in [6.45, 7) is 3.72. The maximum atomic E-state index is 10.7. The lowest BCUT2D eigenvalue weighted by atomic mass is 9.93. The van der Waals surface area contributed by atoms with E-state index in [0.717, 1.165) is 50.5 Å². The van der Waals surface area contributed by atoms with Gasteiger partial charge >= 0.3 is 0 Å². The van der Waals surface area contributed by atoms with Gasteiger partial charge in [0.25, 0.3) is 0 Å². The van der Waals surface area contributed by atoms with E-state index in [2.05, 4.69) is 34.1 Å². The van der Waals surface area contributed by atoms with Gasteiger partial charge in [0.05, 0.1) is 20.3 Å². The Hall–Kier alpha value is -2.08. The van der Waals surface area contributed by atoms with Gasteiger partial charge in [0.15, 0.2) is 0 Å². The number of likely N-dealkylation sites (tertiary alicyclic amines) is 2. The van der Waals surface area contributed by atoms with Gasteiger partial charge in [-0.25, -0.2) is 0 Å². The van der Waals surface area contributed by atoms with Crippen molar-refractivity contribution < 1.29 is 14.6 Å². The van der Waals surface area contributed by atoms with Crippen molar-refractivity contribution in [2.75, 3.05) is 40.4 Å². The second kappa shape index (κ2) is 9.82. The Morgan fingerprint density at radius 1 is 0.767 bits per heavy atom. The average Bonchev–Trinajstić information content (AvgIpc) is 2.77. The van der Waals surface area contributed by atoms with E-state index in [-0.39, 0.29) is 6.10 Å². The van der Waals surface area contributed by atoms with Crippen molar-refractivity contribution in [2.24, 2.45) is 0 Å². The molecule has 5 nitrogen and oxygen atoms in total. The Morgan fingerprint density at radius 3 is 1.47 bits per heavy atom. The van der Waals surface area contributed by atoms with Crippen LogP contribution in [0.3, 0.4) is 0 Å². The minimum absolute atomic E-state index is 0.290. The molecule has 0 aromatic heterocycles. The fourth-order valence-corrected chi connectivity index (χ4v) is 4.60. The molecule has 0 spiro atoms. The molecule has 0 radical (unpaired) electrons. The van der Waals surface area contributed by atoms with Crippen LogP contribution in [-0.4, -0.2) is 73.5 Å². The zero-order valence-electron chi connectivity index (χ0n) is 18.2. The molecule has 2 aliphatic heterocycles.